The van der Waals surface area contributed by atoms with E-state index in [-0.39, 0.29) is 0 Å². The quantitative estimate of drug-likeness (QED) is 0.203. The first-order valence-corrected chi connectivity index (χ1v) is 16.5. The molecule has 2 atom stereocenters. The number of benzene rings is 5. The van der Waals surface area contributed by atoms with Gasteiger partial charge in [0.2, 0.25) is 0 Å². The lowest BCUT2D eigenvalue weighted by Crippen LogP contribution is -2.25. The minimum Gasteiger partial charge on any atom is -0.208 e. The molecule has 5 aromatic carbocycles. The fourth-order valence-electron chi connectivity index (χ4n) is 8.50. The van der Waals surface area contributed by atoms with E-state index in [0.29, 0.717) is 17.6 Å². The molecule has 4 bridgehead atoms. The van der Waals surface area contributed by atoms with Gasteiger partial charge >= 0.3 is 0 Å². The average Bonchev–Trinajstić information content (AvgIpc) is 3.28. The highest BCUT2D eigenvalue weighted by Gasteiger charge is 2.42. The Labute approximate surface area is 265 Å². The lowest BCUT2D eigenvalue weighted by atomic mass is 9.67. The van der Waals surface area contributed by atoms with E-state index in [2.05, 4.69) is 127 Å². The molecule has 45 heavy (non-hydrogen) atoms. The van der Waals surface area contributed by atoms with E-state index in [1.807, 2.05) is 0 Å². The first-order chi connectivity index (χ1) is 22.2. The van der Waals surface area contributed by atoms with Gasteiger partial charge in [-0.2, -0.15) is 0 Å². The molecule has 0 saturated heterocycles. The first kappa shape index (κ1) is 26.5. The largest absolute Gasteiger partial charge is 0.208 e. The first-order valence-electron chi connectivity index (χ1n) is 16.5. The van der Waals surface area contributed by atoms with Crippen molar-refractivity contribution in [1.29, 1.82) is 0 Å². The molecule has 3 heteroatoms. The maximum absolute atomic E-state index is 5.17. The van der Waals surface area contributed by atoms with Crippen LogP contribution < -0.4 is 0 Å². The summed E-state index contributed by atoms with van der Waals surface area (Å²) in [6, 6.07) is 45.3. The molecule has 1 heterocycles. The number of rotatable bonds is 5. The number of aromatic nitrogens is 3. The SMILES string of the molecule is c1ccc(-c2cccc(-c3nc(-c4cccc(-c5ccccc5)c4)nc(-c4ccc5c(c4)C4CC6CC(CC5C6)C4)n3)c2)cc1. The zero-order valence-corrected chi connectivity index (χ0v) is 25.3. The highest BCUT2D eigenvalue weighted by atomic mass is 15.0. The van der Waals surface area contributed by atoms with Crippen molar-refractivity contribution in [3.05, 3.63) is 139 Å². The van der Waals surface area contributed by atoms with Gasteiger partial charge < -0.3 is 0 Å². The molecular weight excluding hydrogens is 546 g/mol. The standard InChI is InChI=1S/C42H35N3/c1-3-9-29(10-4-1)31-13-7-15-33(24-31)40-43-41(34-16-8-14-32(25-34)30-11-5-2-6-12-30)45-42(44-40)35-17-18-38-36-20-27-19-28(21-36)23-37(22-27)39(38)26-35/h1-18,24-28,36-37H,19-23H2. The molecule has 2 saturated carbocycles. The van der Waals surface area contributed by atoms with Crippen LogP contribution in [0, 0.1) is 11.8 Å². The Morgan fingerprint density at radius 2 is 0.756 bits per heavy atom. The summed E-state index contributed by atoms with van der Waals surface area (Å²) < 4.78 is 0. The number of nitrogens with zero attached hydrogens (tertiary/aromatic N) is 3. The van der Waals surface area contributed by atoms with Crippen LogP contribution in [0.5, 0.6) is 0 Å². The second-order valence-corrected chi connectivity index (χ2v) is 13.3. The summed E-state index contributed by atoms with van der Waals surface area (Å²) in [4.78, 5) is 15.5. The van der Waals surface area contributed by atoms with Gasteiger partial charge in [-0.05, 0) is 107 Å². The average molecular weight is 582 g/mol. The molecule has 0 spiro atoms. The maximum atomic E-state index is 5.17. The van der Waals surface area contributed by atoms with Crippen LogP contribution in [-0.2, 0) is 0 Å². The molecule has 0 aliphatic heterocycles. The number of hydrogen-bond acceptors (Lipinski definition) is 3. The van der Waals surface area contributed by atoms with E-state index in [1.54, 1.807) is 11.1 Å². The minimum absolute atomic E-state index is 0.669. The third kappa shape index (κ3) is 4.97. The molecule has 2 fully saturated rings. The molecule has 0 N–H and O–H groups in total. The van der Waals surface area contributed by atoms with Crippen molar-refractivity contribution in [3.8, 4) is 56.4 Å². The van der Waals surface area contributed by atoms with Gasteiger partial charge in [-0.15, -0.1) is 0 Å². The van der Waals surface area contributed by atoms with Crippen molar-refractivity contribution < 1.29 is 0 Å². The summed E-state index contributed by atoms with van der Waals surface area (Å²) in [5, 5.41) is 0. The van der Waals surface area contributed by atoms with E-state index in [1.165, 1.54) is 43.2 Å². The van der Waals surface area contributed by atoms with E-state index in [4.69, 9.17) is 15.0 Å². The molecule has 6 aromatic rings. The summed E-state index contributed by atoms with van der Waals surface area (Å²) in [6.45, 7) is 0. The van der Waals surface area contributed by atoms with Crippen LogP contribution in [0.15, 0.2) is 127 Å². The molecule has 4 aliphatic carbocycles. The van der Waals surface area contributed by atoms with Crippen molar-refractivity contribution in [1.82, 2.24) is 15.0 Å². The van der Waals surface area contributed by atoms with Gasteiger partial charge in [0.1, 0.15) is 0 Å². The molecular formula is C42H35N3. The van der Waals surface area contributed by atoms with Gasteiger partial charge in [0, 0.05) is 16.7 Å². The summed E-state index contributed by atoms with van der Waals surface area (Å²) >= 11 is 0. The number of hydrogen-bond donors (Lipinski definition) is 0. The van der Waals surface area contributed by atoms with E-state index in [9.17, 15) is 0 Å². The van der Waals surface area contributed by atoms with Crippen molar-refractivity contribution in [2.24, 2.45) is 11.8 Å². The second-order valence-electron chi connectivity index (χ2n) is 13.3. The molecule has 2 unspecified atom stereocenters. The summed E-state index contributed by atoms with van der Waals surface area (Å²) in [6.07, 6.45) is 6.87. The Balaban J connectivity index is 1.19. The van der Waals surface area contributed by atoms with Gasteiger partial charge in [0.05, 0.1) is 0 Å². The molecule has 0 amide bonds. The van der Waals surface area contributed by atoms with Crippen LogP contribution in [0.25, 0.3) is 56.4 Å². The monoisotopic (exact) mass is 581 g/mol. The molecule has 1 aromatic heterocycles. The second kappa shape index (κ2) is 10.9. The Morgan fingerprint density at radius 1 is 0.333 bits per heavy atom. The van der Waals surface area contributed by atoms with Gasteiger partial charge in [0.15, 0.2) is 17.5 Å². The van der Waals surface area contributed by atoms with Gasteiger partial charge in [-0.1, -0.05) is 109 Å². The summed E-state index contributed by atoms with van der Waals surface area (Å²) in [5.74, 6) is 5.33. The molecule has 0 radical (unpaired) electrons. The van der Waals surface area contributed by atoms with Crippen LogP contribution in [0.2, 0.25) is 0 Å². The predicted molar refractivity (Wildman–Crippen MR) is 183 cm³/mol. The van der Waals surface area contributed by atoms with Crippen molar-refractivity contribution in [3.63, 3.8) is 0 Å². The van der Waals surface area contributed by atoms with Crippen LogP contribution >= 0.6 is 0 Å². The van der Waals surface area contributed by atoms with Crippen LogP contribution in [0.4, 0.5) is 0 Å². The van der Waals surface area contributed by atoms with Crippen molar-refractivity contribution >= 4 is 0 Å². The van der Waals surface area contributed by atoms with Crippen LogP contribution in [0.1, 0.15) is 55.1 Å². The van der Waals surface area contributed by atoms with E-state index in [0.717, 1.165) is 51.4 Å². The Morgan fingerprint density at radius 3 is 1.27 bits per heavy atom. The fraction of sp³-hybridized carbons (Fsp3) is 0.214. The highest BCUT2D eigenvalue weighted by molar-refractivity contribution is 5.74. The molecule has 4 aliphatic rings. The van der Waals surface area contributed by atoms with Crippen molar-refractivity contribution in [2.45, 2.75) is 43.9 Å². The van der Waals surface area contributed by atoms with Crippen molar-refractivity contribution in [2.75, 3.05) is 0 Å². The Hall–Kier alpha value is -4.89. The van der Waals surface area contributed by atoms with Gasteiger partial charge in [-0.25, -0.2) is 15.0 Å². The lowest BCUT2D eigenvalue weighted by Gasteiger charge is -2.38. The zero-order chi connectivity index (χ0) is 29.7. The fourth-order valence-corrected chi connectivity index (χ4v) is 8.50. The van der Waals surface area contributed by atoms with Crippen LogP contribution in [0.3, 0.4) is 0 Å². The predicted octanol–water partition coefficient (Wildman–Crippen LogP) is 10.6. The van der Waals surface area contributed by atoms with Gasteiger partial charge in [0.25, 0.3) is 0 Å². The normalized spacial score (nSPS) is 21.3. The minimum atomic E-state index is 0.669. The highest BCUT2D eigenvalue weighted by Crippen LogP contribution is 2.56. The molecule has 3 nitrogen and oxygen atoms in total. The third-order valence-electron chi connectivity index (χ3n) is 10.5. The van der Waals surface area contributed by atoms with Gasteiger partial charge in [-0.3, -0.25) is 0 Å². The Bertz CT molecular complexity index is 1900. The van der Waals surface area contributed by atoms with E-state index < -0.39 is 0 Å². The van der Waals surface area contributed by atoms with E-state index >= 15 is 0 Å². The zero-order valence-electron chi connectivity index (χ0n) is 25.3. The lowest BCUT2D eigenvalue weighted by molar-refractivity contribution is 0.166. The topological polar surface area (TPSA) is 38.7 Å². The summed E-state index contributed by atoms with van der Waals surface area (Å²) in [5.41, 5.74) is 10.9. The maximum Gasteiger partial charge on any atom is 0.164 e. The molecule has 10 rings (SSSR count). The smallest absolute Gasteiger partial charge is 0.164 e. The Kier molecular flexibility index (Phi) is 6.43. The summed E-state index contributed by atoms with van der Waals surface area (Å²) in [7, 11) is 0. The molecule has 218 valence electrons. The van der Waals surface area contributed by atoms with Crippen LogP contribution in [-0.4, -0.2) is 15.0 Å². The third-order valence-corrected chi connectivity index (χ3v) is 10.5.